The van der Waals surface area contributed by atoms with E-state index in [4.69, 9.17) is 4.74 Å². The minimum Gasteiger partial charge on any atom is -0.489 e. The Morgan fingerprint density at radius 3 is 2.64 bits per heavy atom. The number of nitrogens with zero attached hydrogens (tertiary/aromatic N) is 4. The van der Waals surface area contributed by atoms with Gasteiger partial charge in [0.25, 0.3) is 0 Å². The fourth-order valence-corrected chi connectivity index (χ4v) is 2.89. The molecule has 0 saturated heterocycles. The Morgan fingerprint density at radius 2 is 2.03 bits per heavy atom. The van der Waals surface area contributed by atoms with E-state index in [1.807, 2.05) is 29.8 Å². The van der Waals surface area contributed by atoms with Gasteiger partial charge in [0.1, 0.15) is 24.0 Å². The average molecular weight is 574 g/mol. The van der Waals surface area contributed by atoms with Gasteiger partial charge >= 0.3 is 6.18 Å². The maximum Gasteiger partial charge on any atom is 0.416 e. The van der Waals surface area contributed by atoms with Gasteiger partial charge in [0.15, 0.2) is 5.96 Å². The van der Waals surface area contributed by atoms with Gasteiger partial charge in [-0.25, -0.2) is 9.97 Å². The SMILES string of the molecule is CCC(CNC(=NC)NCc1ccc(-n2ccnc2)nc1)Oc1cccc(C(F)(F)F)c1.I. The third kappa shape index (κ3) is 7.91. The minimum atomic E-state index is -4.41. The molecule has 0 radical (unpaired) electrons. The molecule has 0 spiro atoms. The summed E-state index contributed by atoms with van der Waals surface area (Å²) in [5.41, 5.74) is 0.229. The lowest BCUT2D eigenvalue weighted by atomic mass is 10.2. The highest BCUT2D eigenvalue weighted by Gasteiger charge is 2.30. The summed E-state index contributed by atoms with van der Waals surface area (Å²) in [5, 5.41) is 6.34. The summed E-state index contributed by atoms with van der Waals surface area (Å²) in [6.45, 7) is 2.79. The number of ether oxygens (including phenoxy) is 1. The van der Waals surface area contributed by atoms with Crippen LogP contribution in [-0.4, -0.2) is 40.2 Å². The summed E-state index contributed by atoms with van der Waals surface area (Å²) in [6, 6.07) is 8.74. The number of aromatic nitrogens is 3. The Hall–Kier alpha value is -2.83. The Morgan fingerprint density at radius 1 is 1.21 bits per heavy atom. The fraction of sp³-hybridized carbons (Fsp3) is 0.318. The zero-order chi connectivity index (χ0) is 23.0. The minimum absolute atomic E-state index is 0. The van der Waals surface area contributed by atoms with Crippen molar-refractivity contribution in [3.63, 3.8) is 0 Å². The zero-order valence-corrected chi connectivity index (χ0v) is 20.5. The fourth-order valence-electron chi connectivity index (χ4n) is 2.89. The number of imidazole rings is 1. The van der Waals surface area contributed by atoms with Crippen molar-refractivity contribution < 1.29 is 17.9 Å². The number of rotatable bonds is 8. The van der Waals surface area contributed by atoms with E-state index in [9.17, 15) is 13.2 Å². The summed E-state index contributed by atoms with van der Waals surface area (Å²) in [4.78, 5) is 12.6. The van der Waals surface area contributed by atoms with Gasteiger partial charge in [-0.3, -0.25) is 9.56 Å². The molecule has 3 aromatic rings. The average Bonchev–Trinajstić information content (AvgIpc) is 3.33. The molecule has 1 aromatic carbocycles. The second kappa shape index (κ2) is 12.4. The van der Waals surface area contributed by atoms with Crippen LogP contribution in [0, 0.1) is 0 Å². The molecule has 0 amide bonds. The highest BCUT2D eigenvalue weighted by atomic mass is 127. The number of guanidine groups is 1. The quantitative estimate of drug-likeness (QED) is 0.237. The van der Waals surface area contributed by atoms with E-state index in [2.05, 4.69) is 25.6 Å². The van der Waals surface area contributed by atoms with Crippen molar-refractivity contribution in [2.45, 2.75) is 32.2 Å². The predicted octanol–water partition coefficient (Wildman–Crippen LogP) is 4.43. The first-order chi connectivity index (χ1) is 15.4. The van der Waals surface area contributed by atoms with Crippen molar-refractivity contribution in [3.8, 4) is 11.6 Å². The van der Waals surface area contributed by atoms with Crippen LogP contribution < -0.4 is 15.4 Å². The van der Waals surface area contributed by atoms with Gasteiger partial charge in [-0.1, -0.05) is 19.1 Å². The lowest BCUT2D eigenvalue weighted by Crippen LogP contribution is -2.42. The topological polar surface area (TPSA) is 76.4 Å². The number of pyridine rings is 1. The van der Waals surface area contributed by atoms with Crippen LogP contribution in [0.15, 0.2) is 66.3 Å². The van der Waals surface area contributed by atoms with Gasteiger partial charge < -0.3 is 15.4 Å². The van der Waals surface area contributed by atoms with Crippen LogP contribution in [0.4, 0.5) is 13.2 Å². The van der Waals surface area contributed by atoms with E-state index in [1.54, 1.807) is 25.8 Å². The largest absolute Gasteiger partial charge is 0.489 e. The molecule has 7 nitrogen and oxygen atoms in total. The lowest BCUT2D eigenvalue weighted by molar-refractivity contribution is -0.137. The van der Waals surface area contributed by atoms with Crippen LogP contribution in [0.3, 0.4) is 0 Å². The molecule has 178 valence electrons. The van der Waals surface area contributed by atoms with E-state index in [1.165, 1.54) is 12.1 Å². The van der Waals surface area contributed by atoms with E-state index in [0.29, 0.717) is 25.5 Å². The molecule has 0 aliphatic heterocycles. The summed E-state index contributed by atoms with van der Waals surface area (Å²) < 4.78 is 46.3. The number of benzene rings is 1. The monoisotopic (exact) mass is 574 g/mol. The molecule has 3 rings (SSSR count). The van der Waals surface area contributed by atoms with Crippen LogP contribution in [-0.2, 0) is 12.7 Å². The van der Waals surface area contributed by atoms with Crippen molar-refractivity contribution >= 4 is 29.9 Å². The van der Waals surface area contributed by atoms with Crippen molar-refractivity contribution in [2.24, 2.45) is 4.99 Å². The smallest absolute Gasteiger partial charge is 0.416 e. The molecule has 0 aliphatic carbocycles. The highest BCUT2D eigenvalue weighted by molar-refractivity contribution is 14.0. The standard InChI is InChI=1S/C22H25F3N6O.HI/c1-3-18(32-19-6-4-5-17(11-19)22(23,24)25)14-30-21(26-2)29-13-16-7-8-20(28-12-16)31-10-9-27-15-31;/h4-12,15,18H,3,13-14H2,1-2H3,(H2,26,29,30);1H. The third-order valence-corrected chi connectivity index (χ3v) is 4.68. The molecular weight excluding hydrogens is 548 g/mol. The summed E-state index contributed by atoms with van der Waals surface area (Å²) >= 11 is 0. The van der Waals surface area contributed by atoms with Gasteiger partial charge in [-0.05, 0) is 36.2 Å². The molecule has 11 heteroatoms. The van der Waals surface area contributed by atoms with Gasteiger partial charge in [-0.2, -0.15) is 13.2 Å². The van der Waals surface area contributed by atoms with Crippen LogP contribution in [0.1, 0.15) is 24.5 Å². The molecule has 2 heterocycles. The number of halogens is 4. The van der Waals surface area contributed by atoms with Gasteiger partial charge in [0.05, 0.1) is 12.1 Å². The molecule has 0 fully saturated rings. The Kier molecular flexibility index (Phi) is 9.95. The van der Waals surface area contributed by atoms with Crippen LogP contribution in [0.5, 0.6) is 5.75 Å². The Labute approximate surface area is 207 Å². The molecule has 1 atom stereocenters. The maximum absolute atomic E-state index is 12.9. The molecule has 0 saturated carbocycles. The lowest BCUT2D eigenvalue weighted by Gasteiger charge is -2.20. The molecule has 1 unspecified atom stereocenters. The first-order valence-electron chi connectivity index (χ1n) is 10.1. The number of nitrogens with one attached hydrogen (secondary N) is 2. The van der Waals surface area contributed by atoms with Gasteiger partial charge in [-0.15, -0.1) is 24.0 Å². The van der Waals surface area contributed by atoms with Crippen molar-refractivity contribution in [1.82, 2.24) is 25.2 Å². The normalized spacial score (nSPS) is 12.6. The first kappa shape index (κ1) is 26.4. The Bertz CT molecular complexity index is 1010. The third-order valence-electron chi connectivity index (χ3n) is 4.68. The van der Waals surface area contributed by atoms with Crippen molar-refractivity contribution in [3.05, 3.63) is 72.4 Å². The molecule has 0 aliphatic rings. The second-order valence-electron chi connectivity index (χ2n) is 6.97. The molecule has 2 aromatic heterocycles. The van der Waals surface area contributed by atoms with Crippen LogP contribution in [0.25, 0.3) is 5.82 Å². The predicted molar refractivity (Wildman–Crippen MR) is 131 cm³/mol. The number of hydrogen-bond donors (Lipinski definition) is 2. The summed E-state index contributed by atoms with van der Waals surface area (Å²) in [5.74, 6) is 1.50. The van der Waals surface area contributed by atoms with Crippen molar-refractivity contribution in [2.75, 3.05) is 13.6 Å². The van der Waals surface area contributed by atoms with E-state index in [0.717, 1.165) is 23.5 Å². The molecule has 0 bridgehead atoms. The van der Waals surface area contributed by atoms with E-state index >= 15 is 0 Å². The first-order valence-corrected chi connectivity index (χ1v) is 10.1. The van der Waals surface area contributed by atoms with Crippen molar-refractivity contribution in [1.29, 1.82) is 0 Å². The van der Waals surface area contributed by atoms with E-state index < -0.39 is 11.7 Å². The number of aliphatic imine (C=N–C) groups is 1. The van der Waals surface area contributed by atoms with Crippen LogP contribution >= 0.6 is 24.0 Å². The molecular formula is C22H26F3IN6O. The molecule has 2 N–H and O–H groups in total. The number of hydrogen-bond acceptors (Lipinski definition) is 4. The second-order valence-corrected chi connectivity index (χ2v) is 6.97. The molecule has 33 heavy (non-hydrogen) atoms. The van der Waals surface area contributed by atoms with E-state index in [-0.39, 0.29) is 35.8 Å². The Balaban J connectivity index is 0.00000385. The maximum atomic E-state index is 12.9. The van der Waals surface area contributed by atoms with Gasteiger partial charge in [0, 0.05) is 32.2 Å². The zero-order valence-electron chi connectivity index (χ0n) is 18.2. The summed E-state index contributed by atoms with van der Waals surface area (Å²) in [7, 11) is 1.64. The van der Waals surface area contributed by atoms with Crippen LogP contribution in [0.2, 0.25) is 0 Å². The summed E-state index contributed by atoms with van der Waals surface area (Å²) in [6.07, 6.45) is 2.83. The highest BCUT2D eigenvalue weighted by Crippen LogP contribution is 2.31. The van der Waals surface area contributed by atoms with Gasteiger partial charge in [0.2, 0.25) is 0 Å². The number of alkyl halides is 3.